The first-order valence-corrected chi connectivity index (χ1v) is 5.20. The SMILES string of the molecule is Cc1ccc2c(c1)C(=O)O[I-]2. The molecule has 0 amide bonds. The molecule has 1 aliphatic rings. The maximum atomic E-state index is 11.0. The van der Waals surface area contributed by atoms with Gasteiger partial charge in [-0.15, -0.1) is 0 Å². The third-order valence-corrected chi connectivity index (χ3v) is 3.57. The van der Waals surface area contributed by atoms with E-state index < -0.39 is 21.6 Å². The van der Waals surface area contributed by atoms with Crippen LogP contribution in [0.3, 0.4) is 0 Å². The predicted molar refractivity (Wildman–Crippen MR) is 35.3 cm³/mol. The quantitative estimate of drug-likeness (QED) is 0.522. The number of carbonyl (C=O) groups is 1. The molecule has 3 heteroatoms. The molecule has 1 aliphatic heterocycles. The summed E-state index contributed by atoms with van der Waals surface area (Å²) in [6, 6.07) is 5.90. The van der Waals surface area contributed by atoms with Crippen LogP contribution in [0.2, 0.25) is 0 Å². The first kappa shape index (κ1) is 7.09. The zero-order chi connectivity index (χ0) is 7.84. The van der Waals surface area contributed by atoms with Gasteiger partial charge in [0, 0.05) is 0 Å². The van der Waals surface area contributed by atoms with Gasteiger partial charge in [-0.05, 0) is 0 Å². The summed E-state index contributed by atoms with van der Waals surface area (Å²) in [6.07, 6.45) is 0. The Balaban J connectivity index is 2.60. The van der Waals surface area contributed by atoms with Crippen molar-refractivity contribution in [1.29, 1.82) is 0 Å². The molecule has 1 aromatic rings. The van der Waals surface area contributed by atoms with Crippen LogP contribution in [0, 0.1) is 10.5 Å². The van der Waals surface area contributed by atoms with Crippen molar-refractivity contribution < 1.29 is 29.5 Å². The van der Waals surface area contributed by atoms with Crippen LogP contribution in [0.1, 0.15) is 15.9 Å². The second kappa shape index (κ2) is 2.48. The van der Waals surface area contributed by atoms with Crippen molar-refractivity contribution in [3.63, 3.8) is 0 Å². The van der Waals surface area contributed by atoms with Gasteiger partial charge in [0.1, 0.15) is 0 Å². The van der Waals surface area contributed by atoms with E-state index >= 15 is 0 Å². The number of rotatable bonds is 0. The molecule has 0 atom stereocenters. The van der Waals surface area contributed by atoms with Crippen LogP contribution in [0.4, 0.5) is 0 Å². The molecule has 11 heavy (non-hydrogen) atoms. The average Bonchev–Trinajstić information content (AvgIpc) is 2.33. The van der Waals surface area contributed by atoms with Crippen LogP contribution in [-0.2, 0) is 3.07 Å². The molecule has 2 nitrogen and oxygen atoms in total. The van der Waals surface area contributed by atoms with Crippen molar-refractivity contribution in [2.45, 2.75) is 6.92 Å². The molecule has 0 unspecified atom stereocenters. The molecular formula is C8H6IO2-. The molecule has 0 aliphatic carbocycles. The van der Waals surface area contributed by atoms with Crippen LogP contribution in [0.5, 0.6) is 0 Å². The van der Waals surface area contributed by atoms with Crippen molar-refractivity contribution >= 4 is 5.97 Å². The molecule has 0 fully saturated rings. The number of halogens is 1. The van der Waals surface area contributed by atoms with Gasteiger partial charge in [0.05, 0.1) is 0 Å². The van der Waals surface area contributed by atoms with Gasteiger partial charge in [0.15, 0.2) is 0 Å². The predicted octanol–water partition coefficient (Wildman–Crippen LogP) is -1.66. The fourth-order valence-corrected chi connectivity index (χ4v) is 2.60. The zero-order valence-electron chi connectivity index (χ0n) is 5.93. The third kappa shape index (κ3) is 1.13. The Hall–Kier alpha value is -0.580. The van der Waals surface area contributed by atoms with Gasteiger partial charge in [0.2, 0.25) is 0 Å². The third-order valence-electron chi connectivity index (χ3n) is 1.53. The Morgan fingerprint density at radius 3 is 3.09 bits per heavy atom. The number of benzene rings is 1. The number of carbonyl (C=O) groups excluding carboxylic acids is 1. The molecular weight excluding hydrogens is 255 g/mol. The average molecular weight is 261 g/mol. The monoisotopic (exact) mass is 261 g/mol. The number of hydrogen-bond acceptors (Lipinski definition) is 2. The van der Waals surface area contributed by atoms with E-state index in [9.17, 15) is 4.79 Å². The van der Waals surface area contributed by atoms with E-state index in [0.717, 1.165) is 14.7 Å². The first-order chi connectivity index (χ1) is 5.27. The number of hydrogen-bond donors (Lipinski definition) is 0. The molecule has 0 N–H and O–H groups in total. The Labute approximate surface area is 75.4 Å². The van der Waals surface area contributed by atoms with Gasteiger partial charge >= 0.3 is 75.3 Å². The van der Waals surface area contributed by atoms with E-state index in [2.05, 4.69) is 0 Å². The molecule has 0 saturated carbocycles. The van der Waals surface area contributed by atoms with Gasteiger partial charge in [-0.25, -0.2) is 0 Å². The second-order valence-electron chi connectivity index (χ2n) is 2.43. The Kier molecular flexibility index (Phi) is 1.60. The molecule has 0 saturated heterocycles. The topological polar surface area (TPSA) is 26.3 Å². The Bertz CT molecular complexity index is 320. The van der Waals surface area contributed by atoms with Gasteiger partial charge in [-0.2, -0.15) is 0 Å². The Morgan fingerprint density at radius 1 is 1.45 bits per heavy atom. The van der Waals surface area contributed by atoms with E-state index in [1.807, 2.05) is 25.1 Å². The molecule has 1 aromatic carbocycles. The summed E-state index contributed by atoms with van der Waals surface area (Å²) in [5.74, 6) is -0.142. The fourth-order valence-electron chi connectivity index (χ4n) is 0.981. The van der Waals surface area contributed by atoms with Crippen LogP contribution >= 0.6 is 0 Å². The van der Waals surface area contributed by atoms with Gasteiger partial charge in [0.25, 0.3) is 0 Å². The summed E-state index contributed by atoms with van der Waals surface area (Å²) < 4.78 is 6.06. The second-order valence-corrected chi connectivity index (χ2v) is 4.47. The van der Waals surface area contributed by atoms with E-state index in [1.165, 1.54) is 0 Å². The van der Waals surface area contributed by atoms with E-state index in [0.29, 0.717) is 0 Å². The van der Waals surface area contributed by atoms with Crippen LogP contribution in [0.15, 0.2) is 18.2 Å². The van der Waals surface area contributed by atoms with Crippen molar-refractivity contribution in [2.24, 2.45) is 0 Å². The fraction of sp³-hybridized carbons (Fsp3) is 0.125. The van der Waals surface area contributed by atoms with Gasteiger partial charge < -0.3 is 0 Å². The van der Waals surface area contributed by atoms with E-state index in [-0.39, 0.29) is 5.97 Å². The molecule has 0 spiro atoms. The van der Waals surface area contributed by atoms with Gasteiger partial charge in [-0.1, -0.05) is 0 Å². The van der Waals surface area contributed by atoms with Crippen LogP contribution in [-0.4, -0.2) is 5.97 Å². The summed E-state index contributed by atoms with van der Waals surface area (Å²) in [5, 5.41) is 0. The van der Waals surface area contributed by atoms with E-state index in [1.54, 1.807) is 0 Å². The van der Waals surface area contributed by atoms with Crippen LogP contribution in [0.25, 0.3) is 0 Å². The molecule has 0 radical (unpaired) electrons. The summed E-state index contributed by atoms with van der Waals surface area (Å²) in [7, 11) is 0. The summed E-state index contributed by atoms with van der Waals surface area (Å²) >= 11 is -0.480. The Morgan fingerprint density at radius 2 is 2.27 bits per heavy atom. The molecule has 1 heterocycles. The maximum absolute atomic E-state index is 11.0. The first-order valence-electron chi connectivity index (χ1n) is 3.24. The van der Waals surface area contributed by atoms with Crippen molar-refractivity contribution in [3.8, 4) is 0 Å². The van der Waals surface area contributed by atoms with Gasteiger partial charge in [-0.3, -0.25) is 0 Å². The molecule has 0 bridgehead atoms. The summed E-state index contributed by atoms with van der Waals surface area (Å²) in [5.41, 5.74) is 1.89. The molecule has 58 valence electrons. The normalized spacial score (nSPS) is 15.2. The van der Waals surface area contributed by atoms with Crippen LogP contribution < -0.4 is 21.6 Å². The van der Waals surface area contributed by atoms with Crippen molar-refractivity contribution in [3.05, 3.63) is 32.9 Å². The summed E-state index contributed by atoms with van der Waals surface area (Å²) in [6.45, 7) is 1.98. The molecule has 0 aromatic heterocycles. The summed E-state index contributed by atoms with van der Waals surface area (Å²) in [4.78, 5) is 11.0. The zero-order valence-corrected chi connectivity index (χ0v) is 8.08. The minimum absolute atomic E-state index is 0.142. The van der Waals surface area contributed by atoms with Crippen molar-refractivity contribution in [2.75, 3.05) is 0 Å². The number of fused-ring (bicyclic) bond motifs is 1. The standard InChI is InChI=1S/C8H6IO2/c1-5-2-3-7-6(4-5)8(10)11-9-7/h2-4H,1H3/q-1. The van der Waals surface area contributed by atoms with Crippen molar-refractivity contribution in [1.82, 2.24) is 0 Å². The minimum atomic E-state index is -0.480. The molecule has 2 rings (SSSR count). The van der Waals surface area contributed by atoms with E-state index in [4.69, 9.17) is 3.07 Å². The number of aryl methyl sites for hydroxylation is 1.